The molecule has 0 spiro atoms. The number of thiol groups is 1. The second kappa shape index (κ2) is 5.45. The maximum atomic E-state index is 11.7. The molecule has 0 bridgehead atoms. The molecule has 0 rings (SSSR count). The van der Waals surface area contributed by atoms with Gasteiger partial charge in [-0.25, -0.2) is 0 Å². The molecule has 88 valence electrons. The van der Waals surface area contributed by atoms with Gasteiger partial charge in [-0.05, 0) is 13.3 Å². The highest BCUT2D eigenvalue weighted by Gasteiger charge is 2.20. The Kier molecular flexibility index (Phi) is 5.21. The highest BCUT2D eigenvalue weighted by Crippen LogP contribution is 2.20. The van der Waals surface area contributed by atoms with Gasteiger partial charge < -0.3 is 10.0 Å². The van der Waals surface area contributed by atoms with E-state index in [1.807, 2.05) is 13.8 Å². The minimum absolute atomic E-state index is 0.000162. The lowest BCUT2D eigenvalue weighted by molar-refractivity contribution is -0.131. The van der Waals surface area contributed by atoms with Crippen molar-refractivity contribution >= 4 is 18.5 Å². The van der Waals surface area contributed by atoms with E-state index in [1.165, 1.54) is 4.90 Å². The fraction of sp³-hybridized carbons (Fsp3) is 0.727. The lowest BCUT2D eigenvalue weighted by Crippen LogP contribution is -2.36. The van der Waals surface area contributed by atoms with Gasteiger partial charge in [0, 0.05) is 18.2 Å². The normalized spacial score (nSPS) is 13.4. The molecule has 0 aliphatic carbocycles. The van der Waals surface area contributed by atoms with Crippen LogP contribution in [-0.2, 0) is 4.79 Å². The molecule has 0 fully saturated rings. The number of carbonyl (C=O) groups excluding carboxylic acids is 1. The molecule has 4 heteroatoms. The Labute approximate surface area is 97.6 Å². The molecule has 0 heterocycles. The first-order valence-electron chi connectivity index (χ1n) is 5.01. The summed E-state index contributed by atoms with van der Waals surface area (Å²) in [5, 5.41) is 9.16. The number of likely N-dealkylation sites (N-methyl/N-ethyl adjacent to an activating group) is 1. The summed E-state index contributed by atoms with van der Waals surface area (Å²) < 4.78 is -0.143. The van der Waals surface area contributed by atoms with Crippen molar-refractivity contribution < 1.29 is 9.90 Å². The smallest absolute Gasteiger partial charge is 0.222 e. The molecule has 0 aliphatic heterocycles. The molecule has 0 aromatic carbocycles. The van der Waals surface area contributed by atoms with E-state index in [9.17, 15) is 4.79 Å². The second-order valence-electron chi connectivity index (χ2n) is 4.48. The molecule has 1 N–H and O–H groups in total. The van der Waals surface area contributed by atoms with Crippen LogP contribution in [0.3, 0.4) is 0 Å². The van der Waals surface area contributed by atoms with Crippen LogP contribution in [-0.4, -0.2) is 33.8 Å². The van der Waals surface area contributed by atoms with Crippen molar-refractivity contribution in [3.63, 3.8) is 0 Å². The first kappa shape index (κ1) is 14.4. The second-order valence-corrected chi connectivity index (χ2v) is 5.70. The van der Waals surface area contributed by atoms with Gasteiger partial charge in [-0.1, -0.05) is 20.4 Å². The van der Waals surface area contributed by atoms with Crippen molar-refractivity contribution in [1.29, 1.82) is 0 Å². The van der Waals surface area contributed by atoms with Gasteiger partial charge in [0.1, 0.15) is 5.76 Å². The van der Waals surface area contributed by atoms with Crippen LogP contribution in [0.15, 0.2) is 12.3 Å². The summed E-state index contributed by atoms with van der Waals surface area (Å²) in [6.07, 6.45) is 1.15. The first-order chi connectivity index (χ1) is 6.65. The van der Waals surface area contributed by atoms with E-state index in [2.05, 4.69) is 19.2 Å². The van der Waals surface area contributed by atoms with Crippen LogP contribution in [0.1, 0.15) is 33.6 Å². The van der Waals surface area contributed by atoms with Crippen LogP contribution in [0.4, 0.5) is 0 Å². The molecule has 0 radical (unpaired) electrons. The van der Waals surface area contributed by atoms with E-state index in [0.29, 0.717) is 12.8 Å². The fourth-order valence-corrected chi connectivity index (χ4v) is 1.14. The van der Waals surface area contributed by atoms with Crippen molar-refractivity contribution in [2.24, 2.45) is 0 Å². The SMILES string of the molecule is C=C(O)[C@H](C)N(C)C(=O)CCC(C)(C)S. The zero-order valence-corrected chi connectivity index (χ0v) is 10.8. The van der Waals surface area contributed by atoms with Crippen molar-refractivity contribution in [1.82, 2.24) is 4.90 Å². The van der Waals surface area contributed by atoms with Crippen molar-refractivity contribution in [2.75, 3.05) is 7.05 Å². The molecule has 0 saturated heterocycles. The fourth-order valence-electron chi connectivity index (χ4n) is 1.03. The molecule has 1 atom stereocenters. The van der Waals surface area contributed by atoms with Gasteiger partial charge in [0.2, 0.25) is 5.91 Å². The summed E-state index contributed by atoms with van der Waals surface area (Å²) in [5.41, 5.74) is 0. The summed E-state index contributed by atoms with van der Waals surface area (Å²) >= 11 is 4.35. The van der Waals surface area contributed by atoms with Gasteiger partial charge in [0.05, 0.1) is 6.04 Å². The predicted molar refractivity (Wildman–Crippen MR) is 66.3 cm³/mol. The highest BCUT2D eigenvalue weighted by atomic mass is 32.1. The maximum Gasteiger partial charge on any atom is 0.222 e. The van der Waals surface area contributed by atoms with E-state index >= 15 is 0 Å². The quantitative estimate of drug-likeness (QED) is 0.563. The maximum absolute atomic E-state index is 11.7. The highest BCUT2D eigenvalue weighted by molar-refractivity contribution is 7.81. The van der Waals surface area contributed by atoms with Crippen LogP contribution in [0.2, 0.25) is 0 Å². The monoisotopic (exact) mass is 231 g/mol. The van der Waals surface area contributed by atoms with Gasteiger partial charge >= 0.3 is 0 Å². The molecule has 0 saturated carbocycles. The molecule has 3 nitrogen and oxygen atoms in total. The third kappa shape index (κ3) is 5.72. The van der Waals surface area contributed by atoms with Crippen molar-refractivity contribution in [3.8, 4) is 0 Å². The van der Waals surface area contributed by atoms with Gasteiger partial charge in [-0.15, -0.1) is 0 Å². The van der Waals surface area contributed by atoms with Crippen molar-refractivity contribution in [3.05, 3.63) is 12.3 Å². The predicted octanol–water partition coefficient (Wildman–Crippen LogP) is 2.39. The molecular formula is C11H21NO2S. The third-order valence-electron chi connectivity index (χ3n) is 2.41. The Morgan fingerprint density at radius 1 is 1.60 bits per heavy atom. The van der Waals surface area contributed by atoms with Crippen LogP contribution < -0.4 is 0 Å². The minimum atomic E-state index is -0.333. The van der Waals surface area contributed by atoms with Gasteiger partial charge in [-0.2, -0.15) is 12.6 Å². The Hall–Kier alpha value is -0.640. The zero-order chi connectivity index (χ0) is 12.2. The van der Waals surface area contributed by atoms with E-state index < -0.39 is 0 Å². The molecule has 15 heavy (non-hydrogen) atoms. The number of hydrogen-bond donors (Lipinski definition) is 2. The Bertz CT molecular complexity index is 245. The molecular weight excluding hydrogens is 210 g/mol. The van der Waals surface area contributed by atoms with Crippen molar-refractivity contribution in [2.45, 2.75) is 44.4 Å². The number of carbonyl (C=O) groups is 1. The molecule has 0 aromatic heterocycles. The number of amides is 1. The number of aliphatic hydroxyl groups excluding tert-OH is 1. The van der Waals surface area contributed by atoms with E-state index in [-0.39, 0.29) is 22.5 Å². The Balaban J connectivity index is 4.17. The lowest BCUT2D eigenvalue weighted by atomic mass is 10.1. The Morgan fingerprint density at radius 2 is 2.07 bits per heavy atom. The van der Waals surface area contributed by atoms with Crippen LogP contribution in [0, 0.1) is 0 Å². The number of rotatable bonds is 5. The summed E-state index contributed by atoms with van der Waals surface area (Å²) in [6, 6.07) is -0.333. The summed E-state index contributed by atoms with van der Waals surface area (Å²) in [4.78, 5) is 13.2. The third-order valence-corrected chi connectivity index (χ3v) is 2.63. The van der Waals surface area contributed by atoms with E-state index in [4.69, 9.17) is 5.11 Å². The van der Waals surface area contributed by atoms with E-state index in [1.54, 1.807) is 14.0 Å². The average Bonchev–Trinajstić information content (AvgIpc) is 2.10. The topological polar surface area (TPSA) is 40.5 Å². The minimum Gasteiger partial charge on any atom is -0.511 e. The average molecular weight is 231 g/mol. The van der Waals surface area contributed by atoms with Gasteiger partial charge in [-0.3, -0.25) is 4.79 Å². The Morgan fingerprint density at radius 3 is 2.40 bits per heavy atom. The number of aliphatic hydroxyl groups is 1. The van der Waals surface area contributed by atoms with Crippen LogP contribution in [0.25, 0.3) is 0 Å². The van der Waals surface area contributed by atoms with Gasteiger partial charge in [0.15, 0.2) is 0 Å². The lowest BCUT2D eigenvalue weighted by Gasteiger charge is -2.25. The summed E-state index contributed by atoms with van der Waals surface area (Å²) in [6.45, 7) is 9.10. The largest absolute Gasteiger partial charge is 0.511 e. The standard InChI is InChI=1S/C11H21NO2S/c1-8(9(2)13)12(5)10(14)6-7-11(3,4)15/h8,13,15H,2,6-7H2,1,3-5H3/t8-/m0/s1. The van der Waals surface area contributed by atoms with Crippen LogP contribution in [0.5, 0.6) is 0 Å². The summed E-state index contributed by atoms with van der Waals surface area (Å²) in [5.74, 6) is 0.0100. The zero-order valence-electron chi connectivity index (χ0n) is 9.95. The molecule has 1 amide bonds. The van der Waals surface area contributed by atoms with Crippen LogP contribution >= 0.6 is 12.6 Å². The number of hydrogen-bond acceptors (Lipinski definition) is 3. The molecule has 0 aliphatic rings. The van der Waals surface area contributed by atoms with E-state index in [0.717, 1.165) is 0 Å². The summed E-state index contributed by atoms with van der Waals surface area (Å²) in [7, 11) is 1.67. The molecule has 0 unspecified atom stereocenters. The van der Waals surface area contributed by atoms with Gasteiger partial charge in [0.25, 0.3) is 0 Å². The molecule has 0 aromatic rings. The first-order valence-corrected chi connectivity index (χ1v) is 5.45. The number of nitrogens with zero attached hydrogens (tertiary/aromatic N) is 1.